The summed E-state index contributed by atoms with van der Waals surface area (Å²) >= 11 is 0.835. The molecule has 0 aliphatic rings. The van der Waals surface area contributed by atoms with Crippen LogP contribution in [0.5, 0.6) is 0 Å². The minimum atomic E-state index is -4.50. The second kappa shape index (κ2) is 4.42. The second-order valence-electron chi connectivity index (χ2n) is 3.32. The Morgan fingerprint density at radius 2 is 1.94 bits per heavy atom. The number of aromatic nitrogens is 2. The lowest BCUT2D eigenvalue weighted by Crippen LogP contribution is -2.12. The number of hydrogen-bond donors (Lipinski definition) is 1. The normalized spacial score (nSPS) is 13.6. The number of nitrogens with zero attached hydrogens (tertiary/aromatic N) is 2. The standard InChI is InChI=1S/C10H7F3N2OS/c11-10(12,13)7-4-2-1-3-6(7)9(16)8-5-14-17-15-8/h1-5,9,16H. The molecule has 0 fully saturated rings. The molecule has 90 valence electrons. The number of aliphatic hydroxyl groups is 1. The number of benzene rings is 1. The first-order chi connectivity index (χ1) is 8.00. The zero-order valence-electron chi connectivity index (χ0n) is 8.35. The van der Waals surface area contributed by atoms with Gasteiger partial charge in [-0.2, -0.15) is 21.9 Å². The fraction of sp³-hybridized carbons (Fsp3) is 0.200. The van der Waals surface area contributed by atoms with Crippen LogP contribution in [-0.4, -0.2) is 13.9 Å². The van der Waals surface area contributed by atoms with E-state index in [0.29, 0.717) is 0 Å². The molecule has 1 atom stereocenters. The van der Waals surface area contributed by atoms with Gasteiger partial charge in [0.05, 0.1) is 23.5 Å². The molecule has 17 heavy (non-hydrogen) atoms. The van der Waals surface area contributed by atoms with Gasteiger partial charge in [-0.15, -0.1) is 0 Å². The van der Waals surface area contributed by atoms with Gasteiger partial charge >= 0.3 is 6.18 Å². The Balaban J connectivity index is 2.46. The lowest BCUT2D eigenvalue weighted by atomic mass is 10.0. The SMILES string of the molecule is OC(c1cnsn1)c1ccccc1C(F)(F)F. The van der Waals surface area contributed by atoms with E-state index < -0.39 is 17.8 Å². The summed E-state index contributed by atoms with van der Waals surface area (Å²) in [6.07, 6.45) is -4.66. The lowest BCUT2D eigenvalue weighted by molar-refractivity contribution is -0.139. The highest BCUT2D eigenvalue weighted by Gasteiger charge is 2.35. The van der Waals surface area contributed by atoms with Gasteiger partial charge in [-0.1, -0.05) is 18.2 Å². The molecular formula is C10H7F3N2OS. The average Bonchev–Trinajstić information content (AvgIpc) is 2.80. The van der Waals surface area contributed by atoms with E-state index in [1.807, 2.05) is 0 Å². The number of aliphatic hydroxyl groups excluding tert-OH is 1. The maximum Gasteiger partial charge on any atom is 0.416 e. The van der Waals surface area contributed by atoms with Gasteiger partial charge in [-0.05, 0) is 11.6 Å². The molecule has 3 nitrogen and oxygen atoms in total. The Kier molecular flexibility index (Phi) is 3.12. The van der Waals surface area contributed by atoms with Crippen molar-refractivity contribution in [1.82, 2.24) is 8.75 Å². The van der Waals surface area contributed by atoms with Gasteiger partial charge in [0.25, 0.3) is 0 Å². The maximum absolute atomic E-state index is 12.7. The lowest BCUT2D eigenvalue weighted by Gasteiger charge is -2.15. The van der Waals surface area contributed by atoms with E-state index in [1.165, 1.54) is 24.4 Å². The largest absolute Gasteiger partial charge is 0.416 e. The summed E-state index contributed by atoms with van der Waals surface area (Å²) in [5.41, 5.74) is -0.958. The van der Waals surface area contributed by atoms with Crippen LogP contribution in [0.2, 0.25) is 0 Å². The summed E-state index contributed by atoms with van der Waals surface area (Å²) in [5, 5.41) is 9.83. The first-order valence-corrected chi connectivity index (χ1v) is 5.35. The average molecular weight is 260 g/mol. The van der Waals surface area contributed by atoms with Crippen molar-refractivity contribution >= 4 is 11.7 Å². The van der Waals surface area contributed by atoms with Crippen molar-refractivity contribution in [3.63, 3.8) is 0 Å². The first kappa shape index (κ1) is 12.0. The molecule has 1 unspecified atom stereocenters. The fourth-order valence-electron chi connectivity index (χ4n) is 1.45. The third-order valence-corrected chi connectivity index (χ3v) is 2.71. The van der Waals surface area contributed by atoms with Crippen molar-refractivity contribution in [2.24, 2.45) is 0 Å². The Labute approximate surface area is 98.9 Å². The quantitative estimate of drug-likeness (QED) is 0.902. The summed E-state index contributed by atoms with van der Waals surface area (Å²) in [7, 11) is 0. The van der Waals surface area contributed by atoms with E-state index in [1.54, 1.807) is 0 Å². The van der Waals surface area contributed by atoms with Crippen LogP contribution in [0.25, 0.3) is 0 Å². The zero-order valence-corrected chi connectivity index (χ0v) is 9.16. The molecule has 0 aliphatic carbocycles. The van der Waals surface area contributed by atoms with Crippen molar-refractivity contribution in [1.29, 1.82) is 0 Å². The van der Waals surface area contributed by atoms with Gasteiger partial charge in [0.15, 0.2) is 0 Å². The minimum Gasteiger partial charge on any atom is -0.382 e. The van der Waals surface area contributed by atoms with Crippen LogP contribution < -0.4 is 0 Å². The van der Waals surface area contributed by atoms with E-state index in [0.717, 1.165) is 17.8 Å². The highest BCUT2D eigenvalue weighted by molar-refractivity contribution is 6.99. The predicted molar refractivity (Wildman–Crippen MR) is 55.4 cm³/mol. The molecular weight excluding hydrogens is 253 g/mol. The second-order valence-corrected chi connectivity index (χ2v) is 3.88. The van der Waals surface area contributed by atoms with Crippen LogP contribution in [0, 0.1) is 0 Å². The van der Waals surface area contributed by atoms with Gasteiger partial charge in [-0.25, -0.2) is 0 Å². The zero-order chi connectivity index (χ0) is 12.5. The fourth-order valence-corrected chi connectivity index (χ4v) is 1.89. The Bertz CT molecular complexity index is 499. The van der Waals surface area contributed by atoms with Crippen LogP contribution in [0.3, 0.4) is 0 Å². The molecule has 0 radical (unpaired) electrons. The molecule has 0 aliphatic heterocycles. The third-order valence-electron chi connectivity index (χ3n) is 2.22. The van der Waals surface area contributed by atoms with Crippen molar-refractivity contribution in [3.05, 3.63) is 47.3 Å². The Morgan fingerprint density at radius 3 is 2.53 bits per heavy atom. The van der Waals surface area contributed by atoms with Crippen molar-refractivity contribution in [2.75, 3.05) is 0 Å². The highest BCUT2D eigenvalue weighted by atomic mass is 32.1. The molecule has 2 aromatic rings. The van der Waals surface area contributed by atoms with Crippen molar-refractivity contribution < 1.29 is 18.3 Å². The van der Waals surface area contributed by atoms with Crippen molar-refractivity contribution in [3.8, 4) is 0 Å². The first-order valence-electron chi connectivity index (χ1n) is 4.62. The maximum atomic E-state index is 12.7. The smallest absolute Gasteiger partial charge is 0.382 e. The third kappa shape index (κ3) is 2.45. The minimum absolute atomic E-state index is 0.117. The topological polar surface area (TPSA) is 46.0 Å². The number of alkyl halides is 3. The molecule has 1 aromatic carbocycles. The van der Waals surface area contributed by atoms with Gasteiger partial charge in [0, 0.05) is 0 Å². The molecule has 0 spiro atoms. The number of hydrogen-bond acceptors (Lipinski definition) is 4. The molecule has 1 heterocycles. The van der Waals surface area contributed by atoms with E-state index in [4.69, 9.17) is 0 Å². The van der Waals surface area contributed by atoms with Gasteiger partial charge in [0.1, 0.15) is 11.8 Å². The van der Waals surface area contributed by atoms with Crippen LogP contribution in [0.1, 0.15) is 22.9 Å². The van der Waals surface area contributed by atoms with Crippen LogP contribution in [-0.2, 0) is 6.18 Å². The number of rotatable bonds is 2. The van der Waals surface area contributed by atoms with Crippen LogP contribution >= 0.6 is 11.7 Å². The summed E-state index contributed by atoms with van der Waals surface area (Å²) in [5.74, 6) is 0. The van der Waals surface area contributed by atoms with Crippen molar-refractivity contribution in [2.45, 2.75) is 12.3 Å². The van der Waals surface area contributed by atoms with E-state index in [9.17, 15) is 18.3 Å². The molecule has 1 N–H and O–H groups in total. The van der Waals surface area contributed by atoms with E-state index in [2.05, 4.69) is 8.75 Å². The summed E-state index contributed by atoms with van der Waals surface area (Å²) in [4.78, 5) is 0. The van der Waals surface area contributed by atoms with Gasteiger partial charge < -0.3 is 5.11 Å². The molecule has 0 bridgehead atoms. The Morgan fingerprint density at radius 1 is 1.24 bits per heavy atom. The molecule has 7 heteroatoms. The monoisotopic (exact) mass is 260 g/mol. The van der Waals surface area contributed by atoms with Crippen LogP contribution in [0.4, 0.5) is 13.2 Å². The van der Waals surface area contributed by atoms with Crippen LogP contribution in [0.15, 0.2) is 30.5 Å². The molecule has 0 saturated heterocycles. The summed E-state index contributed by atoms with van der Waals surface area (Å²) < 4.78 is 45.5. The van der Waals surface area contributed by atoms with Gasteiger partial charge in [0.2, 0.25) is 0 Å². The highest BCUT2D eigenvalue weighted by Crippen LogP contribution is 2.35. The molecule has 0 saturated carbocycles. The Hall–Kier alpha value is -1.47. The molecule has 0 amide bonds. The molecule has 2 rings (SSSR count). The van der Waals surface area contributed by atoms with E-state index >= 15 is 0 Å². The summed E-state index contributed by atoms with van der Waals surface area (Å²) in [6.45, 7) is 0. The van der Waals surface area contributed by atoms with Gasteiger partial charge in [-0.3, -0.25) is 0 Å². The van der Waals surface area contributed by atoms with E-state index in [-0.39, 0.29) is 11.3 Å². The molecule has 1 aromatic heterocycles. The predicted octanol–water partition coefficient (Wildman–Crippen LogP) is 2.64. The summed E-state index contributed by atoms with van der Waals surface area (Å²) in [6, 6.07) is 4.87. The number of halogens is 3.